The van der Waals surface area contributed by atoms with Gasteiger partial charge in [-0.2, -0.15) is 0 Å². The predicted molar refractivity (Wildman–Crippen MR) is 136 cm³/mol. The number of fused-ring (bicyclic) bond motifs is 1. The molecule has 0 bridgehead atoms. The topological polar surface area (TPSA) is 253 Å². The molecule has 0 aliphatic carbocycles. The number of primary amides is 2. The minimum atomic E-state index is -1.30. The van der Waals surface area contributed by atoms with E-state index in [4.69, 9.17) is 17.2 Å². The molecule has 4 unspecified atom stereocenters. The number of amides is 5. The van der Waals surface area contributed by atoms with Gasteiger partial charge in [0.2, 0.25) is 29.5 Å². The Morgan fingerprint density at radius 2 is 1.45 bits per heavy atom. The number of nitrogens with one attached hydrogen (secondary N) is 4. The summed E-state index contributed by atoms with van der Waals surface area (Å²) >= 11 is 0. The van der Waals surface area contributed by atoms with E-state index in [0.717, 1.165) is 10.9 Å². The molecule has 14 heteroatoms. The van der Waals surface area contributed by atoms with Crippen molar-refractivity contribution in [2.75, 3.05) is 0 Å². The first-order valence-corrected chi connectivity index (χ1v) is 11.9. The number of nitrogens with two attached hydrogens (primary N) is 3. The number of benzene rings is 1. The van der Waals surface area contributed by atoms with Gasteiger partial charge >= 0.3 is 5.97 Å². The van der Waals surface area contributed by atoms with Gasteiger partial charge in [0, 0.05) is 36.4 Å². The number of aliphatic carboxylic acids is 1. The normalized spacial score (nSPS) is 14.1. The molecule has 1 aromatic carbocycles. The molecule has 1 heterocycles. The Morgan fingerprint density at radius 1 is 0.868 bits per heavy atom. The van der Waals surface area contributed by atoms with Gasteiger partial charge in [-0.3, -0.25) is 28.8 Å². The number of para-hydroxylation sites is 1. The lowest BCUT2D eigenvalue weighted by molar-refractivity contribution is -0.141. The molecule has 0 spiro atoms. The van der Waals surface area contributed by atoms with Gasteiger partial charge in [0.05, 0.1) is 6.04 Å². The highest BCUT2D eigenvalue weighted by atomic mass is 16.4. The molecule has 14 nitrogen and oxygen atoms in total. The van der Waals surface area contributed by atoms with Crippen LogP contribution in [0.1, 0.15) is 38.2 Å². The first kappa shape index (κ1) is 29.8. The Balaban J connectivity index is 2.26. The quantitative estimate of drug-likeness (QED) is 0.129. The largest absolute Gasteiger partial charge is 0.480 e. The van der Waals surface area contributed by atoms with Crippen LogP contribution in [0.15, 0.2) is 30.5 Å². The number of aromatic nitrogens is 1. The van der Waals surface area contributed by atoms with Crippen molar-refractivity contribution in [1.29, 1.82) is 0 Å². The molecule has 11 N–H and O–H groups in total. The maximum Gasteiger partial charge on any atom is 0.325 e. The van der Waals surface area contributed by atoms with Gasteiger partial charge in [-0.05, 0) is 31.4 Å². The molecule has 0 fully saturated rings. The number of carbonyl (C=O) groups excluding carboxylic acids is 5. The summed E-state index contributed by atoms with van der Waals surface area (Å²) in [6.45, 7) is 1.27. The third-order valence-electron chi connectivity index (χ3n) is 5.81. The lowest BCUT2D eigenvalue weighted by atomic mass is 10.0. The minimum absolute atomic E-state index is 0.0114. The molecule has 1 aromatic heterocycles. The van der Waals surface area contributed by atoms with E-state index < -0.39 is 59.7 Å². The van der Waals surface area contributed by atoms with E-state index in [1.165, 1.54) is 6.92 Å². The van der Waals surface area contributed by atoms with Gasteiger partial charge in [0.25, 0.3) is 0 Å². The second kappa shape index (κ2) is 13.7. The summed E-state index contributed by atoms with van der Waals surface area (Å²) in [4.78, 5) is 75.4. The highest BCUT2D eigenvalue weighted by Gasteiger charge is 2.30. The number of carboxylic acid groups (broad SMARTS) is 1. The summed E-state index contributed by atoms with van der Waals surface area (Å²) in [5, 5.41) is 17.3. The number of H-pyrrole nitrogens is 1. The van der Waals surface area contributed by atoms with Crippen LogP contribution < -0.4 is 33.2 Å². The molecule has 0 radical (unpaired) electrons. The van der Waals surface area contributed by atoms with Crippen molar-refractivity contribution in [3.05, 3.63) is 36.0 Å². The second-order valence-electron chi connectivity index (χ2n) is 8.87. The maximum atomic E-state index is 13.2. The van der Waals surface area contributed by atoms with E-state index in [1.807, 2.05) is 18.2 Å². The number of carboxylic acids is 1. The van der Waals surface area contributed by atoms with Crippen LogP contribution in [0.3, 0.4) is 0 Å². The van der Waals surface area contributed by atoms with Crippen LogP contribution in [0.4, 0.5) is 0 Å². The summed E-state index contributed by atoms with van der Waals surface area (Å²) in [6, 6.07) is 2.34. The van der Waals surface area contributed by atoms with E-state index in [2.05, 4.69) is 20.9 Å². The molecule has 0 aliphatic rings. The van der Waals surface area contributed by atoms with Crippen molar-refractivity contribution < 1.29 is 33.9 Å². The van der Waals surface area contributed by atoms with Crippen LogP contribution in [0, 0.1) is 0 Å². The van der Waals surface area contributed by atoms with Gasteiger partial charge < -0.3 is 43.2 Å². The zero-order valence-corrected chi connectivity index (χ0v) is 20.9. The monoisotopic (exact) mass is 531 g/mol. The van der Waals surface area contributed by atoms with E-state index in [1.54, 1.807) is 12.3 Å². The Morgan fingerprint density at radius 3 is 2.08 bits per heavy atom. The van der Waals surface area contributed by atoms with Crippen LogP contribution >= 0.6 is 0 Å². The second-order valence-corrected chi connectivity index (χ2v) is 8.87. The SMILES string of the molecule is CC(NC(=O)C(Cc1c[nH]c2ccccc12)NC(=O)C(CCC(N)=O)NC(=O)C(N)CCC(N)=O)C(=O)O. The molecular formula is C24H33N7O7. The highest BCUT2D eigenvalue weighted by Crippen LogP contribution is 2.19. The number of hydrogen-bond donors (Lipinski definition) is 8. The predicted octanol–water partition coefficient (Wildman–Crippen LogP) is -1.87. The maximum absolute atomic E-state index is 13.2. The Hall–Kier alpha value is -4.46. The molecule has 0 aliphatic heterocycles. The molecule has 0 saturated heterocycles. The molecule has 0 saturated carbocycles. The van der Waals surface area contributed by atoms with Crippen LogP contribution in [0.5, 0.6) is 0 Å². The lowest BCUT2D eigenvalue weighted by Crippen LogP contribution is -2.57. The third-order valence-corrected chi connectivity index (χ3v) is 5.81. The van der Waals surface area contributed by atoms with E-state index in [9.17, 15) is 33.9 Å². The summed E-state index contributed by atoms with van der Waals surface area (Å²) in [6.07, 6.45) is 0.988. The Labute approximate surface area is 218 Å². The van der Waals surface area contributed by atoms with Crippen molar-refractivity contribution in [3.8, 4) is 0 Å². The smallest absolute Gasteiger partial charge is 0.325 e. The van der Waals surface area contributed by atoms with Gasteiger partial charge in [-0.25, -0.2) is 0 Å². The highest BCUT2D eigenvalue weighted by molar-refractivity contribution is 5.95. The average Bonchev–Trinajstić information content (AvgIpc) is 3.26. The molecule has 2 rings (SSSR count). The van der Waals surface area contributed by atoms with Crippen molar-refractivity contribution in [1.82, 2.24) is 20.9 Å². The fourth-order valence-corrected chi connectivity index (χ4v) is 3.64. The molecule has 206 valence electrons. The van der Waals surface area contributed by atoms with Crippen molar-refractivity contribution in [3.63, 3.8) is 0 Å². The Kier molecular flexibility index (Phi) is 10.8. The first-order chi connectivity index (χ1) is 17.9. The van der Waals surface area contributed by atoms with Crippen LogP contribution in [0.25, 0.3) is 10.9 Å². The molecule has 5 amide bonds. The minimum Gasteiger partial charge on any atom is -0.480 e. The third kappa shape index (κ3) is 8.89. The number of hydrogen-bond acceptors (Lipinski definition) is 7. The Bertz CT molecular complexity index is 1200. The molecule has 4 atom stereocenters. The molecule has 38 heavy (non-hydrogen) atoms. The van der Waals surface area contributed by atoms with E-state index >= 15 is 0 Å². The standard InChI is InChI=1S/C24H33N7O7/c1-12(24(37)38)29-23(36)18(10-13-11-28-16-5-3-2-4-14(13)16)31-22(35)17(7-9-20(27)33)30-21(34)15(25)6-8-19(26)32/h2-5,11-12,15,17-18,28H,6-10,25H2,1H3,(H2,26,32)(H2,27,33)(H,29,36)(H,30,34)(H,31,35)(H,37,38). The van der Waals surface area contributed by atoms with Crippen LogP contribution in [-0.2, 0) is 35.2 Å². The van der Waals surface area contributed by atoms with Crippen LogP contribution in [0.2, 0.25) is 0 Å². The van der Waals surface area contributed by atoms with Crippen LogP contribution in [-0.4, -0.2) is 69.8 Å². The van der Waals surface area contributed by atoms with Gasteiger partial charge in [-0.1, -0.05) is 18.2 Å². The van der Waals surface area contributed by atoms with Crippen molar-refractivity contribution in [2.24, 2.45) is 17.2 Å². The number of aromatic amines is 1. The number of rotatable bonds is 15. The zero-order valence-electron chi connectivity index (χ0n) is 20.9. The average molecular weight is 532 g/mol. The fourth-order valence-electron chi connectivity index (χ4n) is 3.64. The van der Waals surface area contributed by atoms with Crippen molar-refractivity contribution >= 4 is 46.4 Å². The van der Waals surface area contributed by atoms with E-state index in [0.29, 0.717) is 5.56 Å². The molecule has 2 aromatic rings. The summed E-state index contributed by atoms with van der Waals surface area (Å²) in [5.41, 5.74) is 17.5. The first-order valence-electron chi connectivity index (χ1n) is 11.9. The number of carbonyl (C=O) groups is 6. The zero-order chi connectivity index (χ0) is 28.4. The van der Waals surface area contributed by atoms with Crippen molar-refractivity contribution in [2.45, 2.75) is 63.2 Å². The lowest BCUT2D eigenvalue weighted by Gasteiger charge is -2.24. The van der Waals surface area contributed by atoms with E-state index in [-0.39, 0.29) is 32.1 Å². The summed E-state index contributed by atoms with van der Waals surface area (Å²) in [7, 11) is 0. The van der Waals surface area contributed by atoms with Gasteiger partial charge in [0.15, 0.2) is 0 Å². The fraction of sp³-hybridized carbons (Fsp3) is 0.417. The van der Waals surface area contributed by atoms with Gasteiger partial charge in [0.1, 0.15) is 18.1 Å². The summed E-state index contributed by atoms with van der Waals surface area (Å²) < 4.78 is 0. The summed E-state index contributed by atoms with van der Waals surface area (Å²) in [5.74, 6) is -5.00. The molecular weight excluding hydrogens is 498 g/mol. The van der Waals surface area contributed by atoms with Gasteiger partial charge in [-0.15, -0.1) is 0 Å².